The summed E-state index contributed by atoms with van der Waals surface area (Å²) in [6.45, 7) is 5.82. The Kier molecular flexibility index (Phi) is 4.64. The Bertz CT molecular complexity index is 590. The van der Waals surface area contributed by atoms with Gasteiger partial charge in [0.15, 0.2) is 0 Å². The molecule has 0 aliphatic rings. The van der Waals surface area contributed by atoms with Gasteiger partial charge in [0, 0.05) is 12.2 Å². The van der Waals surface area contributed by atoms with Crippen LogP contribution in [0.1, 0.15) is 32.4 Å². The molecule has 0 fully saturated rings. The van der Waals surface area contributed by atoms with Crippen LogP contribution < -0.4 is 10.6 Å². The van der Waals surface area contributed by atoms with Gasteiger partial charge < -0.3 is 15.7 Å². The normalized spacial score (nSPS) is 14.0. The zero-order valence-electron chi connectivity index (χ0n) is 12.3. The van der Waals surface area contributed by atoms with Crippen LogP contribution in [0.15, 0.2) is 29.2 Å². The van der Waals surface area contributed by atoms with Crippen molar-refractivity contribution in [1.82, 2.24) is 15.1 Å². The van der Waals surface area contributed by atoms with Crippen LogP contribution in [-0.4, -0.2) is 27.5 Å². The van der Waals surface area contributed by atoms with Gasteiger partial charge in [-0.1, -0.05) is 0 Å². The average Bonchev–Trinajstić information content (AvgIpc) is 3.07. The summed E-state index contributed by atoms with van der Waals surface area (Å²) >= 11 is 1.51. The maximum absolute atomic E-state index is 11.8. The van der Waals surface area contributed by atoms with Gasteiger partial charge in [0.1, 0.15) is 5.60 Å². The highest BCUT2D eigenvalue weighted by Gasteiger charge is 2.24. The Morgan fingerprint density at radius 1 is 1.57 bits per heavy atom. The second-order valence-corrected chi connectivity index (χ2v) is 6.18. The van der Waals surface area contributed by atoms with E-state index >= 15 is 0 Å². The highest BCUT2D eigenvalue weighted by Crippen LogP contribution is 2.22. The Morgan fingerprint density at radius 3 is 2.90 bits per heavy atom. The van der Waals surface area contributed by atoms with Crippen molar-refractivity contribution < 1.29 is 9.90 Å². The number of nitrogens with zero attached hydrogens (tertiary/aromatic N) is 2. The van der Waals surface area contributed by atoms with Crippen molar-refractivity contribution in [3.8, 4) is 0 Å². The zero-order chi connectivity index (χ0) is 15.5. The molecule has 2 rings (SSSR count). The van der Waals surface area contributed by atoms with E-state index < -0.39 is 5.60 Å². The van der Waals surface area contributed by atoms with Crippen LogP contribution in [0.25, 0.3) is 0 Å². The van der Waals surface area contributed by atoms with Gasteiger partial charge in [0.25, 0.3) is 0 Å². The van der Waals surface area contributed by atoms with Crippen molar-refractivity contribution in [2.75, 3.05) is 11.9 Å². The van der Waals surface area contributed by atoms with Crippen LogP contribution in [0.5, 0.6) is 0 Å². The number of amides is 2. The second kappa shape index (κ2) is 6.28. The molecule has 0 radical (unpaired) electrons. The van der Waals surface area contributed by atoms with Crippen molar-refractivity contribution in [1.29, 1.82) is 0 Å². The summed E-state index contributed by atoms with van der Waals surface area (Å²) in [4.78, 5) is 11.8. The lowest BCUT2D eigenvalue weighted by Gasteiger charge is -2.22. The highest BCUT2D eigenvalue weighted by atomic mass is 32.1. The monoisotopic (exact) mass is 308 g/mol. The van der Waals surface area contributed by atoms with Crippen molar-refractivity contribution in [2.45, 2.75) is 32.4 Å². The first kappa shape index (κ1) is 15.5. The summed E-state index contributed by atoms with van der Waals surface area (Å²) in [6, 6.07) is 1.72. The number of nitrogens with one attached hydrogen (secondary N) is 2. The molecule has 0 saturated heterocycles. The number of aromatic nitrogens is 2. The maximum atomic E-state index is 11.8. The minimum Gasteiger partial charge on any atom is -0.384 e. The number of thiophene rings is 1. The van der Waals surface area contributed by atoms with E-state index in [0.29, 0.717) is 5.69 Å². The van der Waals surface area contributed by atoms with Gasteiger partial charge in [0.05, 0.1) is 18.4 Å². The summed E-state index contributed by atoms with van der Waals surface area (Å²) in [6.07, 6.45) is 3.36. The molecule has 6 nitrogen and oxygen atoms in total. The van der Waals surface area contributed by atoms with Crippen LogP contribution in [0.2, 0.25) is 0 Å². The molecule has 2 aromatic heterocycles. The topological polar surface area (TPSA) is 79.2 Å². The fourth-order valence-corrected chi connectivity index (χ4v) is 2.57. The quantitative estimate of drug-likeness (QED) is 0.794. The van der Waals surface area contributed by atoms with Crippen LogP contribution in [-0.2, 0) is 5.60 Å². The first-order valence-corrected chi connectivity index (χ1v) is 7.67. The largest absolute Gasteiger partial charge is 0.384 e. The number of hydrogen-bond donors (Lipinski definition) is 3. The molecular formula is C14H20N4O2S. The van der Waals surface area contributed by atoms with E-state index in [1.165, 1.54) is 11.3 Å². The molecule has 0 aliphatic carbocycles. The summed E-state index contributed by atoms with van der Waals surface area (Å²) in [5.74, 6) is 0. The highest BCUT2D eigenvalue weighted by molar-refractivity contribution is 7.08. The molecule has 0 spiro atoms. The second-order valence-electron chi connectivity index (χ2n) is 5.40. The van der Waals surface area contributed by atoms with E-state index in [-0.39, 0.29) is 18.6 Å². The molecule has 0 bridgehead atoms. The predicted molar refractivity (Wildman–Crippen MR) is 83.5 cm³/mol. The Morgan fingerprint density at radius 2 is 2.33 bits per heavy atom. The summed E-state index contributed by atoms with van der Waals surface area (Å²) in [5, 5.41) is 23.6. The lowest BCUT2D eigenvalue weighted by molar-refractivity contribution is 0.0604. The molecule has 21 heavy (non-hydrogen) atoms. The fourth-order valence-electron chi connectivity index (χ4n) is 1.79. The maximum Gasteiger partial charge on any atom is 0.319 e. The number of carbonyl (C=O) groups excluding carboxylic acids is 1. The minimum atomic E-state index is -1.08. The molecule has 2 amide bonds. The van der Waals surface area contributed by atoms with Crippen LogP contribution in [0.4, 0.5) is 10.5 Å². The van der Waals surface area contributed by atoms with Gasteiger partial charge in [-0.15, -0.1) is 0 Å². The lowest BCUT2D eigenvalue weighted by atomic mass is 9.99. The molecule has 2 heterocycles. The SMILES string of the molecule is CC(C)n1cc(NC(=O)NC[C@](C)(O)c2ccsc2)cn1. The number of hydrogen-bond acceptors (Lipinski definition) is 4. The van der Waals surface area contributed by atoms with E-state index in [2.05, 4.69) is 15.7 Å². The van der Waals surface area contributed by atoms with Crippen molar-refractivity contribution in [2.24, 2.45) is 0 Å². The number of rotatable bonds is 5. The smallest absolute Gasteiger partial charge is 0.319 e. The molecule has 3 N–H and O–H groups in total. The van der Waals surface area contributed by atoms with Crippen LogP contribution in [0, 0.1) is 0 Å². The molecule has 0 aromatic carbocycles. The number of carbonyl (C=O) groups is 1. The van der Waals surface area contributed by atoms with Crippen LogP contribution >= 0.6 is 11.3 Å². The third-order valence-electron chi connectivity index (χ3n) is 3.12. The van der Waals surface area contributed by atoms with Crippen molar-refractivity contribution in [3.63, 3.8) is 0 Å². The molecular weight excluding hydrogens is 288 g/mol. The van der Waals surface area contributed by atoms with Gasteiger partial charge in [0.2, 0.25) is 0 Å². The standard InChI is InChI=1S/C14H20N4O2S/c1-10(2)18-7-12(6-16-18)17-13(19)15-9-14(3,20)11-4-5-21-8-11/h4-8,10,20H,9H2,1-3H3,(H2,15,17,19)/t14-/m0/s1. The van der Waals surface area contributed by atoms with Crippen LogP contribution in [0.3, 0.4) is 0 Å². The van der Waals surface area contributed by atoms with Gasteiger partial charge in [-0.3, -0.25) is 4.68 Å². The van der Waals surface area contributed by atoms with E-state index in [1.807, 2.05) is 30.7 Å². The van der Waals surface area contributed by atoms with E-state index in [4.69, 9.17) is 0 Å². The lowest BCUT2D eigenvalue weighted by Crippen LogP contribution is -2.40. The third-order valence-corrected chi connectivity index (χ3v) is 3.81. The summed E-state index contributed by atoms with van der Waals surface area (Å²) in [7, 11) is 0. The summed E-state index contributed by atoms with van der Waals surface area (Å²) in [5.41, 5.74) is 0.330. The number of aliphatic hydroxyl groups is 1. The minimum absolute atomic E-state index is 0.133. The molecule has 0 saturated carbocycles. The van der Waals surface area contributed by atoms with Crippen molar-refractivity contribution >= 4 is 23.1 Å². The molecule has 0 unspecified atom stereocenters. The number of urea groups is 1. The van der Waals surface area contributed by atoms with E-state index in [1.54, 1.807) is 24.0 Å². The van der Waals surface area contributed by atoms with Gasteiger partial charge >= 0.3 is 6.03 Å². The molecule has 0 aliphatic heterocycles. The Labute approximate surface area is 127 Å². The number of anilines is 1. The van der Waals surface area contributed by atoms with E-state index in [9.17, 15) is 9.90 Å². The third kappa shape index (κ3) is 4.05. The first-order valence-electron chi connectivity index (χ1n) is 6.72. The molecule has 114 valence electrons. The zero-order valence-corrected chi connectivity index (χ0v) is 13.1. The van der Waals surface area contributed by atoms with Crippen molar-refractivity contribution in [3.05, 3.63) is 34.8 Å². The Balaban J connectivity index is 1.87. The first-order chi connectivity index (χ1) is 9.88. The fraction of sp³-hybridized carbons (Fsp3) is 0.429. The van der Waals surface area contributed by atoms with E-state index in [0.717, 1.165) is 5.56 Å². The predicted octanol–water partition coefficient (Wildman–Crippen LogP) is 2.55. The molecule has 7 heteroatoms. The van der Waals surface area contributed by atoms with Gasteiger partial charge in [-0.05, 0) is 43.2 Å². The van der Waals surface area contributed by atoms with Gasteiger partial charge in [-0.25, -0.2) is 4.79 Å². The average molecular weight is 308 g/mol. The molecule has 2 aromatic rings. The Hall–Kier alpha value is -1.86. The summed E-state index contributed by atoms with van der Waals surface area (Å²) < 4.78 is 1.76. The molecule has 1 atom stereocenters. The van der Waals surface area contributed by atoms with Gasteiger partial charge in [-0.2, -0.15) is 16.4 Å².